The van der Waals surface area contributed by atoms with Crippen LogP contribution in [-0.2, 0) is 11.2 Å². The van der Waals surface area contributed by atoms with Crippen LogP contribution >= 0.6 is 11.6 Å². The zero-order valence-electron chi connectivity index (χ0n) is 12.5. The number of morpholine rings is 1. The summed E-state index contributed by atoms with van der Waals surface area (Å²) in [7, 11) is 0. The topological polar surface area (TPSA) is 50.3 Å². The number of halogens is 1. The molecular formula is C15H23ClN4O. The van der Waals surface area contributed by atoms with E-state index in [2.05, 4.69) is 27.1 Å². The summed E-state index contributed by atoms with van der Waals surface area (Å²) in [6.45, 7) is 5.96. The average Bonchev–Trinajstić information content (AvgIpc) is 2.92. The van der Waals surface area contributed by atoms with Crippen molar-refractivity contribution >= 4 is 17.4 Å². The number of nitrogens with zero attached hydrogens (tertiary/aromatic N) is 3. The van der Waals surface area contributed by atoms with E-state index in [9.17, 15) is 0 Å². The number of ether oxygens (including phenoxy) is 1. The molecule has 0 radical (unpaired) electrons. The second kappa shape index (κ2) is 6.90. The third-order valence-corrected chi connectivity index (χ3v) is 4.38. The van der Waals surface area contributed by atoms with Crippen LogP contribution in [0.5, 0.6) is 0 Å². The fourth-order valence-corrected chi connectivity index (χ4v) is 3.32. The van der Waals surface area contributed by atoms with Crippen LogP contribution in [0, 0.1) is 0 Å². The highest BCUT2D eigenvalue weighted by atomic mass is 35.5. The Labute approximate surface area is 131 Å². The lowest BCUT2D eigenvalue weighted by atomic mass is 10.2. The van der Waals surface area contributed by atoms with Crippen molar-refractivity contribution in [2.75, 3.05) is 31.6 Å². The van der Waals surface area contributed by atoms with Crippen molar-refractivity contribution in [3.63, 3.8) is 0 Å². The van der Waals surface area contributed by atoms with Gasteiger partial charge in [0, 0.05) is 31.6 Å². The van der Waals surface area contributed by atoms with E-state index in [1.54, 1.807) is 6.07 Å². The highest BCUT2D eigenvalue weighted by molar-refractivity contribution is 6.29. The fraction of sp³-hybridized carbons (Fsp3) is 0.733. The van der Waals surface area contributed by atoms with Crippen molar-refractivity contribution in [1.29, 1.82) is 0 Å². The maximum Gasteiger partial charge on any atom is 0.134 e. The van der Waals surface area contributed by atoms with Crippen LogP contribution in [0.25, 0.3) is 0 Å². The molecule has 1 N–H and O–H groups in total. The fourth-order valence-electron chi connectivity index (χ4n) is 3.12. The van der Waals surface area contributed by atoms with E-state index in [4.69, 9.17) is 16.3 Å². The van der Waals surface area contributed by atoms with E-state index in [-0.39, 0.29) is 6.10 Å². The molecule has 0 bridgehead atoms. The molecule has 21 heavy (non-hydrogen) atoms. The van der Waals surface area contributed by atoms with Gasteiger partial charge in [0.25, 0.3) is 0 Å². The standard InChI is InChI=1S/C15H23ClN4O/c1-2-4-14-18-13(16)7-15(19-14)17-8-12-9-20-6-3-5-11(20)10-21-12/h7,11-12H,2-6,8-10H2,1H3,(H,17,18,19). The molecule has 116 valence electrons. The summed E-state index contributed by atoms with van der Waals surface area (Å²) < 4.78 is 5.94. The third kappa shape index (κ3) is 3.84. The normalized spacial score (nSPS) is 25.8. The minimum atomic E-state index is 0.225. The molecule has 0 aromatic carbocycles. The molecule has 3 rings (SSSR count). The molecule has 0 saturated carbocycles. The van der Waals surface area contributed by atoms with Crippen molar-refractivity contribution in [1.82, 2.24) is 14.9 Å². The molecule has 2 atom stereocenters. The van der Waals surface area contributed by atoms with E-state index >= 15 is 0 Å². The summed E-state index contributed by atoms with van der Waals surface area (Å²) in [5.74, 6) is 1.60. The Hall–Kier alpha value is -0.910. The minimum Gasteiger partial charge on any atom is -0.373 e. The molecule has 2 aliphatic rings. The molecule has 2 fully saturated rings. The van der Waals surface area contributed by atoms with Crippen molar-refractivity contribution in [2.45, 2.75) is 44.8 Å². The molecular weight excluding hydrogens is 288 g/mol. The highest BCUT2D eigenvalue weighted by Crippen LogP contribution is 2.22. The lowest BCUT2D eigenvalue weighted by Crippen LogP contribution is -2.48. The van der Waals surface area contributed by atoms with Gasteiger partial charge in [-0.15, -0.1) is 0 Å². The van der Waals surface area contributed by atoms with Crippen molar-refractivity contribution < 1.29 is 4.74 Å². The molecule has 6 heteroatoms. The summed E-state index contributed by atoms with van der Waals surface area (Å²) >= 11 is 6.05. The van der Waals surface area contributed by atoms with Gasteiger partial charge in [0.2, 0.25) is 0 Å². The largest absolute Gasteiger partial charge is 0.373 e. The molecule has 0 spiro atoms. The van der Waals surface area contributed by atoms with Crippen LogP contribution in [0.1, 0.15) is 32.0 Å². The first-order valence-electron chi connectivity index (χ1n) is 7.87. The molecule has 1 aromatic rings. The van der Waals surface area contributed by atoms with Gasteiger partial charge in [0.15, 0.2) is 0 Å². The van der Waals surface area contributed by atoms with Crippen LogP contribution in [0.4, 0.5) is 5.82 Å². The maximum atomic E-state index is 6.05. The van der Waals surface area contributed by atoms with Crippen LogP contribution in [0.3, 0.4) is 0 Å². The Morgan fingerprint density at radius 2 is 2.38 bits per heavy atom. The SMILES string of the molecule is CCCc1nc(Cl)cc(NCC2CN3CCCC3CO2)n1. The van der Waals surface area contributed by atoms with Gasteiger partial charge in [-0.3, -0.25) is 4.90 Å². The zero-order chi connectivity index (χ0) is 14.7. The maximum absolute atomic E-state index is 6.05. The predicted octanol–water partition coefficient (Wildman–Crippen LogP) is 2.36. The Kier molecular flexibility index (Phi) is 4.93. The number of anilines is 1. The zero-order valence-corrected chi connectivity index (χ0v) is 13.3. The number of aryl methyl sites for hydroxylation is 1. The van der Waals surface area contributed by atoms with E-state index in [1.807, 2.05) is 0 Å². The van der Waals surface area contributed by atoms with Gasteiger partial charge >= 0.3 is 0 Å². The lowest BCUT2D eigenvalue weighted by Gasteiger charge is -2.35. The summed E-state index contributed by atoms with van der Waals surface area (Å²) in [5, 5.41) is 3.85. The quantitative estimate of drug-likeness (QED) is 0.846. The molecule has 2 unspecified atom stereocenters. The van der Waals surface area contributed by atoms with Crippen molar-refractivity contribution in [3.05, 3.63) is 17.0 Å². The van der Waals surface area contributed by atoms with Gasteiger partial charge in [0.05, 0.1) is 12.7 Å². The first kappa shape index (κ1) is 15.0. The van der Waals surface area contributed by atoms with Gasteiger partial charge in [-0.1, -0.05) is 18.5 Å². The van der Waals surface area contributed by atoms with Crippen molar-refractivity contribution in [2.24, 2.45) is 0 Å². The summed E-state index contributed by atoms with van der Waals surface area (Å²) in [5.41, 5.74) is 0. The predicted molar refractivity (Wildman–Crippen MR) is 83.9 cm³/mol. The molecule has 0 aliphatic carbocycles. The first-order valence-corrected chi connectivity index (χ1v) is 8.25. The van der Waals surface area contributed by atoms with Gasteiger partial charge < -0.3 is 10.1 Å². The van der Waals surface area contributed by atoms with E-state index in [0.717, 1.165) is 44.2 Å². The molecule has 3 heterocycles. The first-order chi connectivity index (χ1) is 10.2. The Bertz CT molecular complexity index is 485. The number of nitrogens with one attached hydrogen (secondary N) is 1. The average molecular weight is 311 g/mol. The molecule has 2 saturated heterocycles. The van der Waals surface area contributed by atoms with Crippen LogP contribution in [-0.4, -0.2) is 53.3 Å². The monoisotopic (exact) mass is 310 g/mol. The Morgan fingerprint density at radius 3 is 3.24 bits per heavy atom. The Balaban J connectivity index is 1.55. The lowest BCUT2D eigenvalue weighted by molar-refractivity contribution is -0.0416. The van der Waals surface area contributed by atoms with Gasteiger partial charge in [-0.25, -0.2) is 9.97 Å². The number of hydrogen-bond acceptors (Lipinski definition) is 5. The summed E-state index contributed by atoms with van der Waals surface area (Å²) in [6.07, 6.45) is 4.67. The molecule has 2 aliphatic heterocycles. The molecule has 0 amide bonds. The molecule has 1 aromatic heterocycles. The Morgan fingerprint density at radius 1 is 1.48 bits per heavy atom. The van der Waals surface area contributed by atoms with Gasteiger partial charge in [-0.2, -0.15) is 0 Å². The highest BCUT2D eigenvalue weighted by Gasteiger charge is 2.31. The number of hydrogen-bond donors (Lipinski definition) is 1. The summed E-state index contributed by atoms with van der Waals surface area (Å²) in [4.78, 5) is 11.3. The number of rotatable bonds is 5. The third-order valence-electron chi connectivity index (χ3n) is 4.19. The van der Waals surface area contributed by atoms with E-state index in [0.29, 0.717) is 11.2 Å². The smallest absolute Gasteiger partial charge is 0.134 e. The van der Waals surface area contributed by atoms with E-state index in [1.165, 1.54) is 19.4 Å². The van der Waals surface area contributed by atoms with Crippen LogP contribution < -0.4 is 5.32 Å². The van der Waals surface area contributed by atoms with Gasteiger partial charge in [-0.05, 0) is 25.8 Å². The van der Waals surface area contributed by atoms with Crippen LogP contribution in [0.15, 0.2) is 6.07 Å². The van der Waals surface area contributed by atoms with Crippen molar-refractivity contribution in [3.8, 4) is 0 Å². The molecule has 5 nitrogen and oxygen atoms in total. The van der Waals surface area contributed by atoms with Crippen LogP contribution in [0.2, 0.25) is 5.15 Å². The second-order valence-electron chi connectivity index (χ2n) is 5.87. The number of aromatic nitrogens is 2. The van der Waals surface area contributed by atoms with E-state index < -0.39 is 0 Å². The minimum absolute atomic E-state index is 0.225. The second-order valence-corrected chi connectivity index (χ2v) is 6.26. The van der Waals surface area contributed by atoms with Gasteiger partial charge in [0.1, 0.15) is 16.8 Å². The summed E-state index contributed by atoms with van der Waals surface area (Å²) in [6, 6.07) is 2.42. The number of fused-ring (bicyclic) bond motifs is 1.